The number of carbonyl (C=O) groups is 1. The lowest BCUT2D eigenvalue weighted by Crippen LogP contribution is -2.30. The van der Waals surface area contributed by atoms with Gasteiger partial charge in [0.2, 0.25) is 11.9 Å². The molecule has 0 bridgehead atoms. The third kappa shape index (κ3) is 2.83. The van der Waals surface area contributed by atoms with Crippen molar-refractivity contribution < 1.29 is 13.6 Å². The van der Waals surface area contributed by atoms with Crippen LogP contribution in [-0.2, 0) is 4.79 Å². The summed E-state index contributed by atoms with van der Waals surface area (Å²) in [5.74, 6) is -3.30. The number of anilines is 2. The average Bonchev–Trinajstić information content (AvgIpc) is 2.57. The number of para-hydroxylation sites is 1. The standard InChI is InChI=1S/C15H9ClF2N4O/c16-7-12(23)22(13-10(17)4-1-5-11(13)18)15-20-8-9-3-2-6-19-14(9)21-15/h1-6,8H,7H2. The molecule has 0 saturated carbocycles. The van der Waals surface area contributed by atoms with E-state index in [2.05, 4.69) is 15.0 Å². The second-order valence-corrected chi connectivity index (χ2v) is 4.79. The van der Waals surface area contributed by atoms with Crippen LogP contribution in [0.25, 0.3) is 11.0 Å². The number of amides is 1. The van der Waals surface area contributed by atoms with Gasteiger partial charge in [-0.15, -0.1) is 11.6 Å². The van der Waals surface area contributed by atoms with Crippen molar-refractivity contribution in [2.24, 2.45) is 0 Å². The van der Waals surface area contributed by atoms with Crippen molar-refractivity contribution in [3.05, 3.63) is 54.4 Å². The van der Waals surface area contributed by atoms with Crippen LogP contribution in [0.4, 0.5) is 20.4 Å². The van der Waals surface area contributed by atoms with Gasteiger partial charge in [0, 0.05) is 17.8 Å². The number of aromatic nitrogens is 3. The van der Waals surface area contributed by atoms with Crippen molar-refractivity contribution in [1.29, 1.82) is 0 Å². The summed E-state index contributed by atoms with van der Waals surface area (Å²) >= 11 is 5.56. The molecule has 0 spiro atoms. The highest BCUT2D eigenvalue weighted by atomic mass is 35.5. The molecule has 5 nitrogen and oxygen atoms in total. The quantitative estimate of drug-likeness (QED) is 0.690. The monoisotopic (exact) mass is 334 g/mol. The minimum absolute atomic E-state index is 0.203. The van der Waals surface area contributed by atoms with Crippen LogP contribution in [0.1, 0.15) is 0 Å². The van der Waals surface area contributed by atoms with E-state index in [4.69, 9.17) is 11.6 Å². The summed E-state index contributed by atoms with van der Waals surface area (Å²) in [6.45, 7) is 0. The van der Waals surface area contributed by atoms with Crippen molar-refractivity contribution in [1.82, 2.24) is 15.0 Å². The third-order valence-electron chi connectivity index (χ3n) is 3.07. The SMILES string of the molecule is O=C(CCl)N(c1ncc2cccnc2n1)c1c(F)cccc1F. The van der Waals surface area contributed by atoms with E-state index >= 15 is 0 Å². The van der Waals surface area contributed by atoms with E-state index in [1.165, 1.54) is 18.5 Å². The number of rotatable bonds is 3. The Hall–Kier alpha value is -2.67. The number of pyridine rings is 1. The molecule has 0 N–H and O–H groups in total. The molecule has 2 aromatic heterocycles. The Kier molecular flexibility index (Phi) is 4.12. The van der Waals surface area contributed by atoms with Gasteiger partial charge in [-0.25, -0.2) is 23.6 Å². The van der Waals surface area contributed by atoms with Crippen LogP contribution in [0.15, 0.2) is 42.7 Å². The number of hydrogen-bond donors (Lipinski definition) is 0. The maximum Gasteiger partial charge on any atom is 0.249 e. The molecule has 8 heteroatoms. The first-order valence-corrected chi connectivity index (χ1v) is 7.06. The van der Waals surface area contributed by atoms with Crippen LogP contribution in [0, 0.1) is 11.6 Å². The number of benzene rings is 1. The summed E-state index contributed by atoms with van der Waals surface area (Å²) in [5.41, 5.74) is -0.282. The average molecular weight is 335 g/mol. The van der Waals surface area contributed by atoms with Crippen molar-refractivity contribution in [2.75, 3.05) is 10.8 Å². The summed E-state index contributed by atoms with van der Waals surface area (Å²) < 4.78 is 28.1. The molecule has 0 atom stereocenters. The summed E-state index contributed by atoms with van der Waals surface area (Å²) in [6, 6.07) is 6.69. The predicted molar refractivity (Wildman–Crippen MR) is 81.6 cm³/mol. The molecule has 0 fully saturated rings. The molecule has 0 aliphatic rings. The fourth-order valence-corrected chi connectivity index (χ4v) is 2.18. The van der Waals surface area contributed by atoms with Gasteiger partial charge < -0.3 is 0 Å². The van der Waals surface area contributed by atoms with E-state index in [9.17, 15) is 13.6 Å². The zero-order valence-electron chi connectivity index (χ0n) is 11.6. The van der Waals surface area contributed by atoms with E-state index in [0.29, 0.717) is 15.9 Å². The molecule has 0 radical (unpaired) electrons. The predicted octanol–water partition coefficient (Wildman–Crippen LogP) is 3.21. The van der Waals surface area contributed by atoms with Gasteiger partial charge in [0.25, 0.3) is 0 Å². The van der Waals surface area contributed by atoms with Gasteiger partial charge in [-0.2, -0.15) is 4.98 Å². The van der Waals surface area contributed by atoms with Crippen LogP contribution < -0.4 is 4.90 Å². The Labute approximate surface area is 134 Å². The lowest BCUT2D eigenvalue weighted by atomic mass is 10.2. The van der Waals surface area contributed by atoms with E-state index < -0.39 is 29.1 Å². The van der Waals surface area contributed by atoms with Crippen LogP contribution in [-0.4, -0.2) is 26.7 Å². The van der Waals surface area contributed by atoms with E-state index in [1.807, 2.05) is 0 Å². The van der Waals surface area contributed by atoms with Gasteiger partial charge in [-0.05, 0) is 24.3 Å². The fourth-order valence-electron chi connectivity index (χ4n) is 2.06. The Morgan fingerprint density at radius 2 is 1.87 bits per heavy atom. The molecule has 1 amide bonds. The molecular formula is C15H9ClF2N4O. The second kappa shape index (κ2) is 6.21. The lowest BCUT2D eigenvalue weighted by molar-refractivity contribution is -0.115. The van der Waals surface area contributed by atoms with Crippen LogP contribution in [0.5, 0.6) is 0 Å². The normalized spacial score (nSPS) is 10.7. The number of fused-ring (bicyclic) bond motifs is 1. The summed E-state index contributed by atoms with van der Waals surface area (Å²) in [4.78, 5) is 25.0. The van der Waals surface area contributed by atoms with Crippen molar-refractivity contribution in [2.45, 2.75) is 0 Å². The van der Waals surface area contributed by atoms with E-state index in [1.54, 1.807) is 12.1 Å². The molecule has 3 rings (SSSR count). The van der Waals surface area contributed by atoms with Gasteiger partial charge >= 0.3 is 0 Å². The molecule has 0 aliphatic heterocycles. The van der Waals surface area contributed by atoms with Crippen LogP contribution >= 0.6 is 11.6 Å². The van der Waals surface area contributed by atoms with Crippen molar-refractivity contribution in [3.8, 4) is 0 Å². The lowest BCUT2D eigenvalue weighted by Gasteiger charge is -2.20. The molecule has 23 heavy (non-hydrogen) atoms. The fraction of sp³-hybridized carbons (Fsp3) is 0.0667. The maximum atomic E-state index is 14.0. The molecule has 2 heterocycles. The van der Waals surface area contributed by atoms with E-state index in [0.717, 1.165) is 12.1 Å². The topological polar surface area (TPSA) is 59.0 Å². The Morgan fingerprint density at radius 3 is 2.57 bits per heavy atom. The molecular weight excluding hydrogens is 326 g/mol. The Bertz CT molecular complexity index is 870. The Morgan fingerprint density at radius 1 is 1.13 bits per heavy atom. The largest absolute Gasteiger partial charge is 0.273 e. The summed E-state index contributed by atoms with van der Waals surface area (Å²) in [7, 11) is 0. The highest BCUT2D eigenvalue weighted by Crippen LogP contribution is 2.29. The number of carbonyl (C=O) groups excluding carboxylic acids is 1. The molecule has 116 valence electrons. The molecule has 0 saturated heterocycles. The number of nitrogens with zero attached hydrogens (tertiary/aromatic N) is 4. The van der Waals surface area contributed by atoms with Crippen LogP contribution in [0.3, 0.4) is 0 Å². The van der Waals surface area contributed by atoms with Gasteiger partial charge in [-0.1, -0.05) is 6.07 Å². The second-order valence-electron chi connectivity index (χ2n) is 4.52. The highest BCUT2D eigenvalue weighted by Gasteiger charge is 2.26. The first kappa shape index (κ1) is 15.2. The summed E-state index contributed by atoms with van der Waals surface area (Å²) in [5, 5.41) is 0.628. The number of halogens is 3. The first-order valence-electron chi connectivity index (χ1n) is 6.52. The zero-order valence-corrected chi connectivity index (χ0v) is 12.3. The molecule has 1 aromatic carbocycles. The molecule has 3 aromatic rings. The number of alkyl halides is 1. The number of hydrogen-bond acceptors (Lipinski definition) is 4. The van der Waals surface area contributed by atoms with Gasteiger partial charge in [0.05, 0.1) is 0 Å². The highest BCUT2D eigenvalue weighted by molar-refractivity contribution is 6.30. The van der Waals surface area contributed by atoms with E-state index in [-0.39, 0.29) is 5.95 Å². The van der Waals surface area contributed by atoms with Gasteiger partial charge in [0.1, 0.15) is 23.2 Å². The minimum Gasteiger partial charge on any atom is -0.273 e. The van der Waals surface area contributed by atoms with Crippen LogP contribution in [0.2, 0.25) is 0 Å². The molecule has 0 aliphatic carbocycles. The zero-order chi connectivity index (χ0) is 16.4. The van der Waals surface area contributed by atoms with Crippen molar-refractivity contribution in [3.63, 3.8) is 0 Å². The van der Waals surface area contributed by atoms with Gasteiger partial charge in [0.15, 0.2) is 5.65 Å². The maximum absolute atomic E-state index is 14.0. The smallest absolute Gasteiger partial charge is 0.249 e. The van der Waals surface area contributed by atoms with Gasteiger partial charge in [-0.3, -0.25) is 4.79 Å². The minimum atomic E-state index is -0.923. The molecule has 0 unspecified atom stereocenters. The Balaban J connectivity index is 2.21. The van der Waals surface area contributed by atoms with Crippen molar-refractivity contribution >= 4 is 40.2 Å². The first-order chi connectivity index (χ1) is 11.1. The summed E-state index contributed by atoms with van der Waals surface area (Å²) in [6.07, 6.45) is 2.93. The third-order valence-corrected chi connectivity index (χ3v) is 3.30.